The van der Waals surface area contributed by atoms with E-state index in [9.17, 15) is 15.0 Å². The first kappa shape index (κ1) is 24.4. The summed E-state index contributed by atoms with van der Waals surface area (Å²) >= 11 is 0. The van der Waals surface area contributed by atoms with Crippen molar-refractivity contribution in [1.82, 2.24) is 0 Å². The lowest BCUT2D eigenvalue weighted by atomic mass is 9.83. The third-order valence-electron chi connectivity index (χ3n) is 5.82. The maximum Gasteiger partial charge on any atom is 0.309 e. The summed E-state index contributed by atoms with van der Waals surface area (Å²) in [5, 5.41) is 20.7. The molecule has 30 heavy (non-hydrogen) atoms. The van der Waals surface area contributed by atoms with Crippen LogP contribution in [0.3, 0.4) is 0 Å². The average molecular weight is 415 g/mol. The first-order valence-electron chi connectivity index (χ1n) is 11.3. The topological polar surface area (TPSA) is 66.8 Å². The van der Waals surface area contributed by atoms with Crippen LogP contribution in [0.5, 0.6) is 0 Å². The largest absolute Gasteiger partial charge is 0.456 e. The maximum atomic E-state index is 11.4. The Morgan fingerprint density at radius 1 is 1.10 bits per heavy atom. The summed E-state index contributed by atoms with van der Waals surface area (Å²) in [6, 6.07) is 10.3. The number of aliphatic hydroxyl groups excluding tert-OH is 1. The van der Waals surface area contributed by atoms with Crippen LogP contribution in [-0.2, 0) is 9.53 Å². The van der Waals surface area contributed by atoms with Crippen LogP contribution in [0.1, 0.15) is 83.6 Å². The number of unbranched alkanes of at least 4 members (excludes halogenated alkanes) is 6. The Bertz CT molecular complexity index is 692. The van der Waals surface area contributed by atoms with Crippen LogP contribution in [0.2, 0.25) is 0 Å². The van der Waals surface area contributed by atoms with Gasteiger partial charge in [0.25, 0.3) is 0 Å². The van der Waals surface area contributed by atoms with E-state index in [0.29, 0.717) is 6.42 Å². The standard InChI is InChI=1S/C26H38O4/c1-25(29,21-26(2)23(27)20-24(28)30-26)19-15-10-8-6-4-3-5-7-9-12-16-22-17-13-11-14-18-22/h7,9,11-14,16-18,23,27,29H,3-6,8,10,15,19-21H2,1-2H3/b9-7+,16-12+/t23-,25+,26-/m1/s1. The zero-order chi connectivity index (χ0) is 21.9. The molecule has 2 N–H and O–H groups in total. The summed E-state index contributed by atoms with van der Waals surface area (Å²) < 4.78 is 5.27. The molecule has 0 spiro atoms. The molecule has 4 nitrogen and oxygen atoms in total. The predicted octanol–water partition coefficient (Wildman–Crippen LogP) is 5.58. The number of carbonyl (C=O) groups excluding carboxylic acids is 1. The molecule has 1 aliphatic rings. The van der Waals surface area contributed by atoms with Crippen molar-refractivity contribution in [3.8, 4) is 0 Å². The molecule has 166 valence electrons. The van der Waals surface area contributed by atoms with Gasteiger partial charge in [0.15, 0.2) is 0 Å². The van der Waals surface area contributed by atoms with Crippen molar-refractivity contribution >= 4 is 12.0 Å². The lowest BCUT2D eigenvalue weighted by Crippen LogP contribution is -2.44. The van der Waals surface area contributed by atoms with Crippen molar-refractivity contribution in [1.29, 1.82) is 0 Å². The highest BCUT2D eigenvalue weighted by Crippen LogP contribution is 2.36. The van der Waals surface area contributed by atoms with Gasteiger partial charge in [-0.3, -0.25) is 4.79 Å². The fraction of sp³-hybridized carbons (Fsp3) is 0.577. The number of allylic oxidation sites excluding steroid dienone is 3. The number of ether oxygens (including phenoxy) is 1. The minimum atomic E-state index is -0.968. The van der Waals surface area contributed by atoms with Gasteiger partial charge in [0.1, 0.15) is 11.7 Å². The molecule has 1 saturated heterocycles. The first-order valence-corrected chi connectivity index (χ1v) is 11.3. The van der Waals surface area contributed by atoms with Crippen molar-refractivity contribution in [2.24, 2.45) is 0 Å². The van der Waals surface area contributed by atoms with Crippen molar-refractivity contribution in [2.75, 3.05) is 0 Å². The van der Waals surface area contributed by atoms with Crippen molar-refractivity contribution in [3.05, 3.63) is 54.1 Å². The summed E-state index contributed by atoms with van der Waals surface area (Å²) in [5.41, 5.74) is -0.682. The van der Waals surface area contributed by atoms with Gasteiger partial charge in [0, 0.05) is 6.42 Å². The second-order valence-electron chi connectivity index (χ2n) is 9.04. The zero-order valence-corrected chi connectivity index (χ0v) is 18.6. The molecule has 1 heterocycles. The monoisotopic (exact) mass is 414 g/mol. The first-order chi connectivity index (χ1) is 14.3. The molecule has 1 aliphatic heterocycles. The molecule has 0 amide bonds. The summed E-state index contributed by atoms with van der Waals surface area (Å²) in [6.07, 6.45) is 16.6. The number of carbonyl (C=O) groups is 1. The summed E-state index contributed by atoms with van der Waals surface area (Å²) in [7, 11) is 0. The molecule has 0 saturated carbocycles. The van der Waals surface area contributed by atoms with E-state index >= 15 is 0 Å². The molecule has 1 aromatic rings. The lowest BCUT2D eigenvalue weighted by Gasteiger charge is -2.34. The number of hydrogen-bond acceptors (Lipinski definition) is 4. The molecule has 0 bridgehead atoms. The third-order valence-corrected chi connectivity index (χ3v) is 5.82. The molecule has 0 radical (unpaired) electrons. The Hall–Kier alpha value is -1.91. The van der Waals surface area contributed by atoms with Crippen LogP contribution in [0.4, 0.5) is 0 Å². The molecule has 0 aromatic heterocycles. The van der Waals surface area contributed by atoms with Crippen LogP contribution in [-0.4, -0.2) is 33.5 Å². The fourth-order valence-corrected chi connectivity index (χ4v) is 4.12. The van der Waals surface area contributed by atoms with Gasteiger partial charge in [-0.2, -0.15) is 0 Å². The average Bonchev–Trinajstić information content (AvgIpc) is 2.93. The van der Waals surface area contributed by atoms with Crippen LogP contribution in [0, 0.1) is 0 Å². The van der Waals surface area contributed by atoms with E-state index in [-0.39, 0.29) is 18.8 Å². The predicted molar refractivity (Wildman–Crippen MR) is 122 cm³/mol. The normalized spacial score (nSPS) is 23.9. The molecule has 0 unspecified atom stereocenters. The molecule has 2 rings (SSSR count). The van der Waals surface area contributed by atoms with E-state index in [1.807, 2.05) is 18.2 Å². The lowest BCUT2D eigenvalue weighted by molar-refractivity contribution is -0.155. The van der Waals surface area contributed by atoms with Gasteiger partial charge < -0.3 is 14.9 Å². The third kappa shape index (κ3) is 8.85. The van der Waals surface area contributed by atoms with E-state index in [1.54, 1.807) is 13.8 Å². The highest BCUT2D eigenvalue weighted by Gasteiger charge is 2.48. The smallest absolute Gasteiger partial charge is 0.309 e. The number of cyclic esters (lactones) is 1. The van der Waals surface area contributed by atoms with E-state index in [1.165, 1.54) is 31.2 Å². The number of rotatable bonds is 13. The molecular formula is C26H38O4. The second kappa shape index (κ2) is 12.1. The van der Waals surface area contributed by atoms with Gasteiger partial charge in [-0.25, -0.2) is 0 Å². The van der Waals surface area contributed by atoms with Gasteiger partial charge in [0.2, 0.25) is 0 Å². The Kier molecular flexibility index (Phi) is 9.80. The van der Waals surface area contributed by atoms with E-state index < -0.39 is 17.3 Å². The van der Waals surface area contributed by atoms with Gasteiger partial charge in [-0.05, 0) is 38.7 Å². The number of benzene rings is 1. The minimum absolute atomic E-state index is 0.0189. The molecule has 4 heteroatoms. The van der Waals surface area contributed by atoms with Gasteiger partial charge in [-0.15, -0.1) is 0 Å². The molecular weight excluding hydrogens is 376 g/mol. The summed E-state index contributed by atoms with van der Waals surface area (Å²) in [6.45, 7) is 3.48. The Morgan fingerprint density at radius 3 is 2.43 bits per heavy atom. The Morgan fingerprint density at radius 2 is 1.77 bits per heavy atom. The highest BCUT2D eigenvalue weighted by molar-refractivity contribution is 5.73. The van der Waals surface area contributed by atoms with Crippen molar-refractivity contribution < 1.29 is 19.7 Å². The van der Waals surface area contributed by atoms with Crippen LogP contribution in [0.25, 0.3) is 6.08 Å². The quantitative estimate of drug-likeness (QED) is 0.251. The SMILES string of the molecule is C[C@](O)(CCCCCCCC/C=C/C=C/c1ccccc1)C[C@@]1(C)OC(=O)C[C@H]1O. The van der Waals surface area contributed by atoms with Gasteiger partial charge in [-0.1, -0.05) is 86.7 Å². The van der Waals surface area contributed by atoms with Crippen LogP contribution >= 0.6 is 0 Å². The highest BCUT2D eigenvalue weighted by atomic mass is 16.6. The summed E-state index contributed by atoms with van der Waals surface area (Å²) in [4.78, 5) is 11.4. The van der Waals surface area contributed by atoms with Crippen molar-refractivity contribution in [3.63, 3.8) is 0 Å². The van der Waals surface area contributed by atoms with Crippen molar-refractivity contribution in [2.45, 2.75) is 95.4 Å². The molecule has 1 fully saturated rings. The van der Waals surface area contributed by atoms with Crippen LogP contribution < -0.4 is 0 Å². The van der Waals surface area contributed by atoms with E-state index in [4.69, 9.17) is 4.74 Å². The number of esters is 1. The van der Waals surface area contributed by atoms with Crippen LogP contribution in [0.15, 0.2) is 48.6 Å². The Labute approximate surface area is 181 Å². The molecule has 1 aromatic carbocycles. The van der Waals surface area contributed by atoms with E-state index in [2.05, 4.69) is 36.4 Å². The fourth-order valence-electron chi connectivity index (χ4n) is 4.12. The number of aliphatic hydroxyl groups is 2. The molecule has 3 atom stereocenters. The van der Waals surface area contributed by atoms with Gasteiger partial charge in [0.05, 0.1) is 12.0 Å². The van der Waals surface area contributed by atoms with Gasteiger partial charge >= 0.3 is 5.97 Å². The summed E-state index contributed by atoms with van der Waals surface area (Å²) in [5.74, 6) is -0.386. The second-order valence-corrected chi connectivity index (χ2v) is 9.04. The van der Waals surface area contributed by atoms with E-state index in [0.717, 1.165) is 19.3 Å². The maximum absolute atomic E-state index is 11.4. The Balaban J connectivity index is 1.49. The molecule has 0 aliphatic carbocycles. The minimum Gasteiger partial charge on any atom is -0.456 e. The zero-order valence-electron chi connectivity index (χ0n) is 18.6. The number of hydrogen-bond donors (Lipinski definition) is 2.